The first kappa shape index (κ1) is 11.2. The predicted molar refractivity (Wildman–Crippen MR) is 61.1 cm³/mol. The smallest absolute Gasteiger partial charge is 0.243 e. The molecule has 4 N–H and O–H groups in total. The van der Waals surface area contributed by atoms with Crippen LogP contribution >= 0.6 is 0 Å². The van der Waals surface area contributed by atoms with Gasteiger partial charge < -0.3 is 15.8 Å². The van der Waals surface area contributed by atoms with E-state index in [1.54, 1.807) is 0 Å². The van der Waals surface area contributed by atoms with Crippen molar-refractivity contribution in [1.82, 2.24) is 20.1 Å². The third-order valence-corrected chi connectivity index (χ3v) is 2.51. The molecule has 1 aromatic rings. The van der Waals surface area contributed by atoms with Crippen molar-refractivity contribution in [3.63, 3.8) is 0 Å². The monoisotopic (exact) mass is 226 g/mol. The maximum Gasteiger partial charge on any atom is 0.243 e. The molecule has 1 atom stereocenters. The summed E-state index contributed by atoms with van der Waals surface area (Å²) in [6.07, 6.45) is 0. The fraction of sp³-hybridized carbons (Fsp3) is 0.778. The Kier molecular flexibility index (Phi) is 3.58. The Morgan fingerprint density at radius 2 is 2.31 bits per heavy atom. The van der Waals surface area contributed by atoms with Crippen LogP contribution in [-0.4, -0.2) is 59.0 Å². The second-order valence-corrected chi connectivity index (χ2v) is 4.00. The number of nitrogens with zero attached hydrogens (tertiary/aromatic N) is 3. The van der Waals surface area contributed by atoms with Gasteiger partial charge in [-0.2, -0.15) is 4.98 Å². The van der Waals surface area contributed by atoms with Gasteiger partial charge in [0.1, 0.15) is 0 Å². The van der Waals surface area contributed by atoms with E-state index in [1.165, 1.54) is 0 Å². The molecule has 1 saturated heterocycles. The highest BCUT2D eigenvalue weighted by molar-refractivity contribution is 5.30. The Balaban J connectivity index is 1.77. The molecular formula is C9H18N6O. The Hall–Kier alpha value is -1.34. The van der Waals surface area contributed by atoms with Gasteiger partial charge in [0, 0.05) is 25.7 Å². The van der Waals surface area contributed by atoms with Gasteiger partial charge >= 0.3 is 0 Å². The average molecular weight is 226 g/mol. The summed E-state index contributed by atoms with van der Waals surface area (Å²) in [6.45, 7) is 6.67. The second kappa shape index (κ2) is 5.13. The minimum Gasteiger partial charge on any atom is -0.379 e. The molecule has 2 heterocycles. The second-order valence-electron chi connectivity index (χ2n) is 4.00. The molecule has 0 amide bonds. The zero-order valence-electron chi connectivity index (χ0n) is 9.44. The molecule has 1 aromatic heterocycles. The number of hydrogen-bond donors (Lipinski definition) is 3. The van der Waals surface area contributed by atoms with Gasteiger partial charge in [0.2, 0.25) is 11.9 Å². The van der Waals surface area contributed by atoms with Crippen LogP contribution in [0, 0.1) is 0 Å². The van der Waals surface area contributed by atoms with Gasteiger partial charge in [-0.25, -0.2) is 5.10 Å². The molecule has 0 bridgehead atoms. The first-order valence-electron chi connectivity index (χ1n) is 5.48. The zero-order chi connectivity index (χ0) is 11.4. The highest BCUT2D eigenvalue weighted by Crippen LogP contribution is 2.04. The Morgan fingerprint density at radius 1 is 1.56 bits per heavy atom. The molecule has 7 heteroatoms. The third kappa shape index (κ3) is 3.07. The molecule has 2 rings (SSSR count). The SMILES string of the molecule is CC(CN1CCOCC1)Nc1n[nH]c(N)n1. The van der Waals surface area contributed by atoms with Crippen LogP contribution in [0.5, 0.6) is 0 Å². The normalized spacial score (nSPS) is 19.6. The summed E-state index contributed by atoms with van der Waals surface area (Å²) in [7, 11) is 0. The van der Waals surface area contributed by atoms with Crippen LogP contribution in [0.3, 0.4) is 0 Å². The molecule has 16 heavy (non-hydrogen) atoms. The van der Waals surface area contributed by atoms with Gasteiger partial charge in [0.05, 0.1) is 13.2 Å². The number of nitrogens with one attached hydrogen (secondary N) is 2. The molecule has 0 saturated carbocycles. The summed E-state index contributed by atoms with van der Waals surface area (Å²) in [5.74, 6) is 0.888. The molecule has 90 valence electrons. The van der Waals surface area contributed by atoms with Crippen molar-refractivity contribution in [2.24, 2.45) is 0 Å². The van der Waals surface area contributed by atoms with Crippen molar-refractivity contribution < 1.29 is 4.74 Å². The number of H-pyrrole nitrogens is 1. The van der Waals surface area contributed by atoms with Crippen molar-refractivity contribution in [2.75, 3.05) is 43.9 Å². The Labute approximate surface area is 94.4 Å². The number of hydrogen-bond acceptors (Lipinski definition) is 6. The van der Waals surface area contributed by atoms with E-state index in [2.05, 4.69) is 32.3 Å². The molecular weight excluding hydrogens is 208 g/mol. The number of aromatic amines is 1. The molecule has 0 aromatic carbocycles. The summed E-state index contributed by atoms with van der Waals surface area (Å²) in [5.41, 5.74) is 5.44. The van der Waals surface area contributed by atoms with E-state index in [9.17, 15) is 0 Å². The highest BCUT2D eigenvalue weighted by atomic mass is 16.5. The van der Waals surface area contributed by atoms with E-state index in [1.807, 2.05) is 0 Å². The number of rotatable bonds is 4. The molecule has 1 aliphatic heterocycles. The maximum atomic E-state index is 5.44. The van der Waals surface area contributed by atoms with Crippen LogP contribution in [0.15, 0.2) is 0 Å². The van der Waals surface area contributed by atoms with Gasteiger partial charge in [0.15, 0.2) is 0 Å². The standard InChI is InChI=1S/C9H18N6O/c1-7(6-15-2-4-16-5-3-15)11-9-12-8(10)13-14-9/h7H,2-6H2,1H3,(H4,10,11,12,13,14). The molecule has 0 radical (unpaired) electrons. The van der Waals surface area contributed by atoms with E-state index < -0.39 is 0 Å². The number of nitrogen functional groups attached to an aromatic ring is 1. The summed E-state index contributed by atoms with van der Waals surface area (Å²) < 4.78 is 5.29. The lowest BCUT2D eigenvalue weighted by Gasteiger charge is -2.29. The predicted octanol–water partition coefficient (Wildman–Crippen LogP) is -0.480. The van der Waals surface area contributed by atoms with Crippen LogP contribution in [-0.2, 0) is 4.74 Å². The summed E-state index contributed by atoms with van der Waals surface area (Å²) in [6, 6.07) is 0.285. The van der Waals surface area contributed by atoms with E-state index in [0.717, 1.165) is 32.8 Å². The molecule has 1 fully saturated rings. The number of ether oxygens (including phenoxy) is 1. The van der Waals surface area contributed by atoms with Crippen LogP contribution in [0.25, 0.3) is 0 Å². The molecule has 1 aliphatic rings. The number of nitrogens with two attached hydrogens (primary N) is 1. The van der Waals surface area contributed by atoms with Gasteiger partial charge in [0.25, 0.3) is 0 Å². The number of aromatic nitrogens is 3. The first-order chi connectivity index (χ1) is 7.74. The van der Waals surface area contributed by atoms with Crippen molar-refractivity contribution in [2.45, 2.75) is 13.0 Å². The fourth-order valence-corrected chi connectivity index (χ4v) is 1.78. The number of anilines is 2. The zero-order valence-corrected chi connectivity index (χ0v) is 9.44. The van der Waals surface area contributed by atoms with E-state index in [-0.39, 0.29) is 6.04 Å². The van der Waals surface area contributed by atoms with Crippen LogP contribution < -0.4 is 11.1 Å². The van der Waals surface area contributed by atoms with E-state index in [4.69, 9.17) is 10.5 Å². The minimum atomic E-state index is 0.285. The highest BCUT2D eigenvalue weighted by Gasteiger charge is 2.14. The topological polar surface area (TPSA) is 92.1 Å². The van der Waals surface area contributed by atoms with E-state index in [0.29, 0.717) is 11.9 Å². The molecule has 0 aliphatic carbocycles. The maximum absolute atomic E-state index is 5.44. The Bertz CT molecular complexity index is 322. The van der Waals surface area contributed by atoms with Crippen molar-refractivity contribution in [1.29, 1.82) is 0 Å². The molecule has 7 nitrogen and oxygen atoms in total. The fourth-order valence-electron chi connectivity index (χ4n) is 1.78. The largest absolute Gasteiger partial charge is 0.379 e. The summed E-state index contributed by atoms with van der Waals surface area (Å²) in [4.78, 5) is 6.36. The summed E-state index contributed by atoms with van der Waals surface area (Å²) in [5, 5.41) is 9.73. The van der Waals surface area contributed by atoms with Crippen LogP contribution in [0.4, 0.5) is 11.9 Å². The lowest BCUT2D eigenvalue weighted by atomic mass is 10.3. The van der Waals surface area contributed by atoms with Gasteiger partial charge in [-0.15, -0.1) is 5.10 Å². The summed E-state index contributed by atoms with van der Waals surface area (Å²) >= 11 is 0. The van der Waals surface area contributed by atoms with E-state index >= 15 is 0 Å². The van der Waals surface area contributed by atoms with Gasteiger partial charge in [-0.3, -0.25) is 4.90 Å². The third-order valence-electron chi connectivity index (χ3n) is 2.51. The van der Waals surface area contributed by atoms with Crippen molar-refractivity contribution in [3.05, 3.63) is 0 Å². The van der Waals surface area contributed by atoms with Gasteiger partial charge in [-0.05, 0) is 6.92 Å². The Morgan fingerprint density at radius 3 is 2.94 bits per heavy atom. The number of morpholine rings is 1. The average Bonchev–Trinajstić information content (AvgIpc) is 2.65. The molecule has 0 spiro atoms. The lowest BCUT2D eigenvalue weighted by molar-refractivity contribution is 0.0368. The van der Waals surface area contributed by atoms with Crippen LogP contribution in [0.1, 0.15) is 6.92 Å². The first-order valence-corrected chi connectivity index (χ1v) is 5.48. The van der Waals surface area contributed by atoms with Crippen molar-refractivity contribution >= 4 is 11.9 Å². The van der Waals surface area contributed by atoms with Crippen LogP contribution in [0.2, 0.25) is 0 Å². The lowest BCUT2D eigenvalue weighted by Crippen LogP contribution is -2.42. The van der Waals surface area contributed by atoms with Gasteiger partial charge in [-0.1, -0.05) is 0 Å². The minimum absolute atomic E-state index is 0.285. The molecule has 1 unspecified atom stereocenters. The van der Waals surface area contributed by atoms with Crippen molar-refractivity contribution in [3.8, 4) is 0 Å². The quantitative estimate of drug-likeness (QED) is 0.642.